The molecule has 2 heterocycles. The Bertz CT molecular complexity index is 490. The van der Waals surface area contributed by atoms with E-state index in [1.807, 2.05) is 20.2 Å². The van der Waals surface area contributed by atoms with Gasteiger partial charge in [-0.25, -0.2) is 9.97 Å². The van der Waals surface area contributed by atoms with E-state index in [2.05, 4.69) is 20.4 Å². The van der Waals surface area contributed by atoms with E-state index >= 15 is 0 Å². The van der Waals surface area contributed by atoms with E-state index in [9.17, 15) is 0 Å². The summed E-state index contributed by atoms with van der Waals surface area (Å²) in [6, 6.07) is 0. The summed E-state index contributed by atoms with van der Waals surface area (Å²) in [5.74, 6) is 0.943. The topological polar surface area (TPSA) is 81.7 Å². The minimum Gasteiger partial charge on any atom is -0.381 e. The van der Waals surface area contributed by atoms with Crippen molar-refractivity contribution in [1.82, 2.24) is 19.7 Å². The van der Waals surface area contributed by atoms with E-state index in [4.69, 9.17) is 5.73 Å². The third-order valence-corrected chi connectivity index (χ3v) is 2.22. The second-order valence-corrected chi connectivity index (χ2v) is 3.43. The van der Waals surface area contributed by atoms with Gasteiger partial charge in [0, 0.05) is 25.6 Å². The van der Waals surface area contributed by atoms with Crippen LogP contribution in [0.3, 0.4) is 0 Å². The van der Waals surface area contributed by atoms with Crippen LogP contribution >= 0.6 is 0 Å². The molecule has 0 aliphatic rings. The lowest BCUT2D eigenvalue weighted by Gasteiger charge is -2.05. The summed E-state index contributed by atoms with van der Waals surface area (Å²) in [4.78, 5) is 8.09. The highest BCUT2D eigenvalue weighted by Gasteiger charge is 2.08. The number of nitrogens with one attached hydrogen (secondary N) is 1. The van der Waals surface area contributed by atoms with E-state index in [0.29, 0.717) is 11.6 Å². The lowest BCUT2D eigenvalue weighted by Crippen LogP contribution is -2.01. The van der Waals surface area contributed by atoms with Gasteiger partial charge in [0.15, 0.2) is 11.6 Å². The second-order valence-electron chi connectivity index (χ2n) is 3.43. The zero-order valence-electron chi connectivity index (χ0n) is 9.31. The van der Waals surface area contributed by atoms with Crippen molar-refractivity contribution < 1.29 is 0 Å². The molecule has 0 fully saturated rings. The number of nitrogen functional groups attached to an aromatic ring is 1. The van der Waals surface area contributed by atoms with Crippen molar-refractivity contribution in [3.05, 3.63) is 24.3 Å². The summed E-state index contributed by atoms with van der Waals surface area (Å²) in [7, 11) is 1.88. The number of nitrogens with zero attached hydrogens (tertiary/aromatic N) is 4. The van der Waals surface area contributed by atoms with Gasteiger partial charge >= 0.3 is 0 Å². The van der Waals surface area contributed by atoms with Gasteiger partial charge in [0.2, 0.25) is 0 Å². The van der Waals surface area contributed by atoms with Crippen molar-refractivity contribution in [2.75, 3.05) is 11.1 Å². The van der Waals surface area contributed by atoms with Gasteiger partial charge < -0.3 is 11.1 Å². The van der Waals surface area contributed by atoms with Crippen molar-refractivity contribution in [3.8, 4) is 0 Å². The molecule has 0 spiro atoms. The summed E-state index contributed by atoms with van der Waals surface area (Å²) in [5.41, 5.74) is 7.60. The summed E-state index contributed by atoms with van der Waals surface area (Å²) < 4.78 is 1.76. The Hall–Kier alpha value is -2.11. The number of nitrogens with two attached hydrogens (primary N) is 1. The molecule has 0 atom stereocenters. The van der Waals surface area contributed by atoms with Crippen molar-refractivity contribution >= 4 is 17.3 Å². The maximum Gasteiger partial charge on any atom is 0.173 e. The fourth-order valence-corrected chi connectivity index (χ4v) is 1.47. The molecule has 0 aliphatic heterocycles. The van der Waals surface area contributed by atoms with Crippen molar-refractivity contribution in [1.29, 1.82) is 0 Å². The number of aryl methyl sites for hydroxylation is 2. The molecule has 0 aromatic carbocycles. The zero-order chi connectivity index (χ0) is 11.5. The van der Waals surface area contributed by atoms with E-state index in [-0.39, 0.29) is 0 Å². The predicted octanol–water partition coefficient (Wildman–Crippen LogP) is 1.10. The van der Waals surface area contributed by atoms with Gasteiger partial charge in [-0.2, -0.15) is 5.10 Å². The van der Waals surface area contributed by atoms with E-state index in [1.54, 1.807) is 17.1 Å². The maximum atomic E-state index is 5.70. The average molecular weight is 218 g/mol. The summed E-state index contributed by atoms with van der Waals surface area (Å²) in [6.45, 7) is 2.05. The van der Waals surface area contributed by atoms with E-state index < -0.39 is 0 Å². The molecule has 3 N–H and O–H groups in total. The Morgan fingerprint density at radius 1 is 1.38 bits per heavy atom. The first kappa shape index (κ1) is 10.4. The van der Waals surface area contributed by atoms with Crippen LogP contribution in [0.25, 0.3) is 0 Å². The smallest absolute Gasteiger partial charge is 0.173 e. The zero-order valence-corrected chi connectivity index (χ0v) is 9.31. The third kappa shape index (κ3) is 1.95. The number of anilines is 3. The normalized spacial score (nSPS) is 10.4. The Kier molecular flexibility index (Phi) is 2.72. The molecule has 16 heavy (non-hydrogen) atoms. The van der Waals surface area contributed by atoms with Gasteiger partial charge in [-0.3, -0.25) is 4.68 Å². The molecule has 0 unspecified atom stereocenters. The third-order valence-electron chi connectivity index (χ3n) is 2.22. The highest BCUT2D eigenvalue weighted by Crippen LogP contribution is 2.21. The van der Waals surface area contributed by atoms with Gasteiger partial charge in [-0.15, -0.1) is 0 Å². The predicted molar refractivity (Wildman–Crippen MR) is 62.3 cm³/mol. The van der Waals surface area contributed by atoms with Crippen LogP contribution < -0.4 is 11.1 Å². The van der Waals surface area contributed by atoms with Crippen LogP contribution in [0.2, 0.25) is 0 Å². The van der Waals surface area contributed by atoms with Crippen LogP contribution in [-0.4, -0.2) is 19.7 Å². The lowest BCUT2D eigenvalue weighted by atomic mass is 10.3. The number of hydrogen-bond donors (Lipinski definition) is 2. The SMILES string of the molecule is CCc1nn(C)cc1Nc1nccnc1N. The second kappa shape index (κ2) is 4.18. The minimum atomic E-state index is 0.383. The number of hydrogen-bond acceptors (Lipinski definition) is 5. The van der Waals surface area contributed by atoms with Crippen LogP contribution in [0.15, 0.2) is 18.6 Å². The van der Waals surface area contributed by atoms with Crippen LogP contribution in [0.1, 0.15) is 12.6 Å². The summed E-state index contributed by atoms with van der Waals surface area (Å²) in [6.07, 6.45) is 5.90. The molecule has 0 radical (unpaired) electrons. The van der Waals surface area contributed by atoms with Crippen molar-refractivity contribution in [2.45, 2.75) is 13.3 Å². The quantitative estimate of drug-likeness (QED) is 0.806. The lowest BCUT2D eigenvalue weighted by molar-refractivity contribution is 0.746. The largest absolute Gasteiger partial charge is 0.381 e. The molecule has 84 valence electrons. The standard InChI is InChI=1S/C10H14N6/c1-3-7-8(6-16(2)15-7)14-10-9(11)12-4-5-13-10/h4-6H,3H2,1-2H3,(H2,11,12)(H,13,14). The first-order chi connectivity index (χ1) is 7.70. The Balaban J connectivity index is 2.30. The molecule has 2 aromatic rings. The van der Waals surface area contributed by atoms with Crippen molar-refractivity contribution in [2.24, 2.45) is 7.05 Å². The van der Waals surface area contributed by atoms with Gasteiger partial charge in [0.1, 0.15) is 0 Å². The molecule has 6 nitrogen and oxygen atoms in total. The fraction of sp³-hybridized carbons (Fsp3) is 0.300. The minimum absolute atomic E-state index is 0.383. The molecule has 6 heteroatoms. The molecule has 0 amide bonds. The molecular weight excluding hydrogens is 204 g/mol. The molecular formula is C10H14N6. The first-order valence-corrected chi connectivity index (χ1v) is 5.06. The van der Waals surface area contributed by atoms with Crippen LogP contribution in [0, 0.1) is 0 Å². The highest BCUT2D eigenvalue weighted by atomic mass is 15.3. The van der Waals surface area contributed by atoms with Gasteiger partial charge in [-0.1, -0.05) is 6.92 Å². The van der Waals surface area contributed by atoms with Gasteiger partial charge in [0.05, 0.1) is 11.4 Å². The molecule has 0 saturated carbocycles. The fourth-order valence-electron chi connectivity index (χ4n) is 1.47. The molecule has 0 saturated heterocycles. The number of rotatable bonds is 3. The monoisotopic (exact) mass is 218 g/mol. The molecule has 0 aliphatic carbocycles. The van der Waals surface area contributed by atoms with Crippen LogP contribution in [-0.2, 0) is 13.5 Å². The van der Waals surface area contributed by atoms with E-state index in [0.717, 1.165) is 17.8 Å². The Labute approximate surface area is 93.5 Å². The van der Waals surface area contributed by atoms with Crippen LogP contribution in [0.4, 0.5) is 17.3 Å². The van der Waals surface area contributed by atoms with Gasteiger partial charge in [0.25, 0.3) is 0 Å². The molecule has 2 rings (SSSR count). The summed E-state index contributed by atoms with van der Waals surface area (Å²) in [5, 5.41) is 7.45. The highest BCUT2D eigenvalue weighted by molar-refractivity contribution is 5.66. The van der Waals surface area contributed by atoms with E-state index in [1.165, 1.54) is 0 Å². The summed E-state index contributed by atoms with van der Waals surface area (Å²) >= 11 is 0. The first-order valence-electron chi connectivity index (χ1n) is 5.06. The Morgan fingerprint density at radius 3 is 2.81 bits per heavy atom. The maximum absolute atomic E-state index is 5.70. The average Bonchev–Trinajstić information content (AvgIpc) is 2.62. The molecule has 0 bridgehead atoms. The Morgan fingerprint density at radius 2 is 2.12 bits per heavy atom. The van der Waals surface area contributed by atoms with Gasteiger partial charge in [-0.05, 0) is 6.42 Å². The molecule has 2 aromatic heterocycles. The number of aromatic nitrogens is 4. The van der Waals surface area contributed by atoms with Crippen molar-refractivity contribution in [3.63, 3.8) is 0 Å². The van der Waals surface area contributed by atoms with Crippen LogP contribution in [0.5, 0.6) is 0 Å².